The van der Waals surface area contributed by atoms with Crippen LogP contribution in [0.25, 0.3) is 0 Å². The Bertz CT molecular complexity index is 1610. The first-order valence-electron chi connectivity index (χ1n) is 19.0. The van der Waals surface area contributed by atoms with Crippen LogP contribution in [0.2, 0.25) is 0 Å². The zero-order valence-corrected chi connectivity index (χ0v) is 32.1. The van der Waals surface area contributed by atoms with Gasteiger partial charge < -0.3 is 0 Å². The highest BCUT2D eigenvalue weighted by atomic mass is 31.1. The second kappa shape index (κ2) is 16.5. The highest BCUT2D eigenvalue weighted by Crippen LogP contribution is 2.59. The molecule has 0 aromatic heterocycles. The van der Waals surface area contributed by atoms with E-state index in [9.17, 15) is 52.7 Å². The summed E-state index contributed by atoms with van der Waals surface area (Å²) in [7, 11) is -3.27. The molecule has 3 saturated carbocycles. The van der Waals surface area contributed by atoms with Gasteiger partial charge >= 0.3 is 24.7 Å². The van der Waals surface area contributed by atoms with Crippen molar-refractivity contribution in [2.24, 2.45) is 5.92 Å². The lowest BCUT2D eigenvalue weighted by Gasteiger charge is -2.41. The first-order chi connectivity index (χ1) is 25.7. The maximum Gasteiger partial charge on any atom is 0.416 e. The van der Waals surface area contributed by atoms with E-state index in [0.717, 1.165) is 56.9 Å². The molecular weight excluding hydrogens is 782 g/mol. The van der Waals surface area contributed by atoms with Gasteiger partial charge in [0.05, 0.1) is 22.3 Å². The van der Waals surface area contributed by atoms with Crippen molar-refractivity contribution in [3.8, 4) is 0 Å². The van der Waals surface area contributed by atoms with Crippen molar-refractivity contribution in [1.82, 2.24) is 0 Å². The van der Waals surface area contributed by atoms with E-state index in [0.29, 0.717) is 54.8 Å². The topological polar surface area (TPSA) is 0 Å². The minimum atomic E-state index is -5.27. The quantitative estimate of drug-likeness (QED) is 0.157. The fraction of sp³-hybridized carbons (Fsp3) is 0.561. The van der Waals surface area contributed by atoms with Crippen molar-refractivity contribution in [3.05, 3.63) is 88.5 Å². The van der Waals surface area contributed by atoms with Gasteiger partial charge in [0.25, 0.3) is 0 Å². The molecule has 0 nitrogen and oxygen atoms in total. The van der Waals surface area contributed by atoms with Crippen LogP contribution in [0.15, 0.2) is 60.7 Å². The lowest BCUT2D eigenvalue weighted by atomic mass is 9.87. The summed E-state index contributed by atoms with van der Waals surface area (Å²) in [6, 6.07) is 9.92. The zero-order chi connectivity index (χ0) is 39.9. The van der Waals surface area contributed by atoms with Gasteiger partial charge in [-0.2, -0.15) is 52.7 Å². The smallest absolute Gasteiger partial charge is 0.166 e. The molecule has 3 aromatic rings. The third kappa shape index (κ3) is 9.70. The molecule has 0 heterocycles. The van der Waals surface area contributed by atoms with Gasteiger partial charge in [-0.1, -0.05) is 84.1 Å². The molecule has 3 fully saturated rings. The van der Waals surface area contributed by atoms with Crippen molar-refractivity contribution in [3.63, 3.8) is 0 Å². The Morgan fingerprint density at radius 3 is 1.29 bits per heavy atom. The summed E-state index contributed by atoms with van der Waals surface area (Å²) < 4.78 is 170. The van der Waals surface area contributed by atoms with Crippen molar-refractivity contribution in [2.45, 2.75) is 138 Å². The molecule has 2 unspecified atom stereocenters. The Balaban J connectivity index is 1.52. The average Bonchev–Trinajstić information content (AvgIpc) is 3.61. The minimum Gasteiger partial charge on any atom is -0.166 e. The lowest BCUT2D eigenvalue weighted by Crippen LogP contribution is -2.32. The van der Waals surface area contributed by atoms with Gasteiger partial charge in [-0.15, -0.1) is 0 Å². The molecule has 0 spiro atoms. The van der Waals surface area contributed by atoms with E-state index in [1.54, 1.807) is 6.92 Å². The van der Waals surface area contributed by atoms with E-state index < -0.39 is 85.0 Å². The number of rotatable bonds is 8. The summed E-state index contributed by atoms with van der Waals surface area (Å²) in [5, 5.41) is 0.118. The molecule has 14 heteroatoms. The summed E-state index contributed by atoms with van der Waals surface area (Å²) in [6.45, 7) is 1.59. The number of benzene rings is 3. The molecule has 3 aliphatic rings. The summed E-state index contributed by atoms with van der Waals surface area (Å²) in [4.78, 5) is 0. The predicted octanol–water partition coefficient (Wildman–Crippen LogP) is 13.9. The number of hydrogen-bond acceptors (Lipinski definition) is 0. The van der Waals surface area contributed by atoms with Crippen LogP contribution < -0.4 is 15.9 Å². The molecule has 302 valence electrons. The lowest BCUT2D eigenvalue weighted by molar-refractivity contribution is -0.144. The first kappa shape index (κ1) is 42.3. The predicted molar refractivity (Wildman–Crippen MR) is 195 cm³/mol. The fourth-order valence-electron chi connectivity index (χ4n) is 9.36. The Labute approximate surface area is 316 Å². The van der Waals surface area contributed by atoms with E-state index >= 15 is 0 Å². The van der Waals surface area contributed by atoms with Crippen LogP contribution in [-0.4, -0.2) is 17.0 Å². The highest BCUT2D eigenvalue weighted by molar-refractivity contribution is 7.73. The maximum absolute atomic E-state index is 14.2. The van der Waals surface area contributed by atoms with Crippen LogP contribution in [-0.2, 0) is 24.7 Å². The van der Waals surface area contributed by atoms with Gasteiger partial charge in [-0.25, -0.2) is 0 Å². The summed E-state index contributed by atoms with van der Waals surface area (Å²) in [5.41, 5.74) is -5.47. The second-order valence-electron chi connectivity index (χ2n) is 15.4. The largest absolute Gasteiger partial charge is 0.416 e. The summed E-state index contributed by atoms with van der Waals surface area (Å²) in [5.74, 6) is -0.663. The Morgan fingerprint density at radius 2 is 0.891 bits per heavy atom. The van der Waals surface area contributed by atoms with Crippen LogP contribution >= 0.6 is 15.8 Å². The van der Waals surface area contributed by atoms with Gasteiger partial charge in [-0.3, -0.25) is 0 Å². The second-order valence-corrected chi connectivity index (χ2v) is 20.7. The Kier molecular flexibility index (Phi) is 12.7. The molecule has 0 amide bonds. The van der Waals surface area contributed by atoms with E-state index in [1.165, 1.54) is 18.1 Å². The van der Waals surface area contributed by atoms with Crippen molar-refractivity contribution in [2.75, 3.05) is 0 Å². The normalized spacial score (nSPS) is 21.8. The third-order valence-electron chi connectivity index (χ3n) is 11.8. The fourth-order valence-corrected chi connectivity index (χ4v) is 16.5. The molecule has 3 aliphatic carbocycles. The van der Waals surface area contributed by atoms with Gasteiger partial charge in [0.15, 0.2) is 0 Å². The van der Waals surface area contributed by atoms with Gasteiger partial charge in [0.2, 0.25) is 0 Å². The Morgan fingerprint density at radius 1 is 0.491 bits per heavy atom. The number of halogens is 12. The van der Waals surface area contributed by atoms with E-state index in [-0.39, 0.29) is 18.1 Å². The molecule has 0 N–H and O–H groups in total. The van der Waals surface area contributed by atoms with Gasteiger partial charge in [0, 0.05) is 0 Å². The monoisotopic (exact) mass is 826 g/mol. The van der Waals surface area contributed by atoms with Crippen molar-refractivity contribution in [1.29, 1.82) is 0 Å². The van der Waals surface area contributed by atoms with Gasteiger partial charge in [0.1, 0.15) is 0 Å². The van der Waals surface area contributed by atoms with E-state index in [2.05, 4.69) is 6.07 Å². The Hall–Kier alpha value is -2.32. The molecule has 55 heavy (non-hydrogen) atoms. The highest BCUT2D eigenvalue weighted by Gasteiger charge is 2.45. The zero-order valence-electron chi connectivity index (χ0n) is 30.3. The third-order valence-corrected chi connectivity index (χ3v) is 18.2. The standard InChI is InChI=1S/C41H44F12P2/c1-25(34-16-10-17-35(34)36-15-8-9-18-37(36)55(30-11-4-2-5-12-30)31-13-6-3-7-14-31)54(32-21-26(38(42,43)44)19-27(22-32)39(45,46)47)33-23-28(40(48,49)50)20-29(24-33)41(51,52)53/h8-9,15,18-25,30-31,34-35H,2-7,10-14,16-17H2,1H3/t25-,34?,35?/m1/s1. The van der Waals surface area contributed by atoms with Crippen molar-refractivity contribution >= 4 is 31.8 Å². The first-order valence-corrected chi connectivity index (χ1v) is 21.9. The minimum absolute atomic E-state index is 0.0671. The summed E-state index contributed by atoms with van der Waals surface area (Å²) in [6.07, 6.45) is -7.96. The molecule has 0 bridgehead atoms. The summed E-state index contributed by atoms with van der Waals surface area (Å²) >= 11 is 0. The number of alkyl halides is 12. The van der Waals surface area contributed by atoms with Gasteiger partial charge in [-0.05, 0) is 133 Å². The van der Waals surface area contributed by atoms with E-state index in [4.69, 9.17) is 0 Å². The molecule has 0 saturated heterocycles. The van der Waals surface area contributed by atoms with Crippen molar-refractivity contribution < 1.29 is 52.7 Å². The molecule has 0 radical (unpaired) electrons. The molecule has 3 aromatic carbocycles. The number of hydrogen-bond donors (Lipinski definition) is 0. The molecular formula is C41H44F12P2. The molecule has 6 rings (SSSR count). The SMILES string of the molecule is C[C@H](C1CCCC1c1ccccc1P(C1CCCCC1)C1CCCCC1)P(c1cc(C(F)(F)F)cc(C(F)(F)F)c1)c1cc(C(F)(F)F)cc(C(F)(F)F)c1. The van der Waals surface area contributed by atoms with Crippen LogP contribution in [0.3, 0.4) is 0 Å². The molecule has 0 aliphatic heterocycles. The van der Waals surface area contributed by atoms with Crippen LogP contribution in [0.5, 0.6) is 0 Å². The van der Waals surface area contributed by atoms with Crippen LogP contribution in [0.1, 0.15) is 124 Å². The molecule has 3 atom stereocenters. The van der Waals surface area contributed by atoms with Crippen LogP contribution in [0, 0.1) is 5.92 Å². The van der Waals surface area contributed by atoms with E-state index in [1.807, 2.05) is 18.2 Å². The maximum atomic E-state index is 14.2. The average molecular weight is 827 g/mol. The van der Waals surface area contributed by atoms with Crippen LogP contribution in [0.4, 0.5) is 52.7 Å².